The Hall–Kier alpha value is -3.47. The molecule has 1 aliphatic heterocycles. The minimum atomic E-state index is 0.850. The average molecular weight is 324 g/mol. The predicted octanol–water partition coefficient (Wildman–Crippen LogP) is 2.99. The summed E-state index contributed by atoms with van der Waals surface area (Å²) in [6.07, 6.45) is 5.85. The minimum absolute atomic E-state index is 0.850. The molecule has 1 aliphatic rings. The number of para-hydroxylation sites is 1. The fourth-order valence-corrected chi connectivity index (χ4v) is 3.89. The highest BCUT2D eigenvalue weighted by Gasteiger charge is 2.33. The summed E-state index contributed by atoms with van der Waals surface area (Å²) in [5.41, 5.74) is 7.76. The van der Waals surface area contributed by atoms with Crippen LogP contribution in [0.1, 0.15) is 5.56 Å². The molecule has 0 atom stereocenters. The highest BCUT2D eigenvalue weighted by atomic mass is 15.2. The number of hydrogen-bond donors (Lipinski definition) is 0. The van der Waals surface area contributed by atoms with Crippen molar-refractivity contribution in [3.63, 3.8) is 0 Å². The fourth-order valence-electron chi connectivity index (χ4n) is 3.89. The summed E-state index contributed by atoms with van der Waals surface area (Å²) in [7, 11) is 0. The molecule has 0 aliphatic carbocycles. The Labute approximate surface area is 143 Å². The van der Waals surface area contributed by atoms with E-state index in [1.165, 1.54) is 5.56 Å². The molecule has 118 valence electrons. The zero-order valence-corrected chi connectivity index (χ0v) is 13.4. The van der Waals surface area contributed by atoms with E-state index in [-0.39, 0.29) is 0 Å². The molecule has 0 radical (unpaired) electrons. The lowest BCUT2D eigenvalue weighted by molar-refractivity contribution is -0.484. The Morgan fingerprint density at radius 1 is 0.880 bits per heavy atom. The number of hydrogen-bond acceptors (Lipinski definition) is 2. The lowest BCUT2D eigenvalue weighted by atomic mass is 10.2. The summed E-state index contributed by atoms with van der Waals surface area (Å²) >= 11 is 0. The van der Waals surface area contributed by atoms with Crippen LogP contribution in [0.2, 0.25) is 0 Å². The Morgan fingerprint density at radius 3 is 2.64 bits per heavy atom. The Bertz CT molecular complexity index is 1260. The van der Waals surface area contributed by atoms with E-state index < -0.39 is 0 Å². The van der Waals surface area contributed by atoms with Gasteiger partial charge in [0, 0.05) is 11.8 Å². The van der Waals surface area contributed by atoms with Crippen molar-refractivity contribution in [3.8, 4) is 17.1 Å². The number of fused-ring (bicyclic) bond motifs is 7. The van der Waals surface area contributed by atoms with Crippen LogP contribution in [-0.4, -0.2) is 19.1 Å². The first-order valence-corrected chi connectivity index (χ1v) is 8.31. The van der Waals surface area contributed by atoms with Gasteiger partial charge in [0.1, 0.15) is 5.69 Å². The third-order valence-corrected chi connectivity index (χ3v) is 4.90. The molecule has 6 rings (SSSR count). The van der Waals surface area contributed by atoms with Crippen LogP contribution in [0.4, 0.5) is 0 Å². The summed E-state index contributed by atoms with van der Waals surface area (Å²) in [4.78, 5) is 9.29. The third-order valence-electron chi connectivity index (χ3n) is 4.90. The minimum Gasteiger partial charge on any atom is -0.271 e. The summed E-state index contributed by atoms with van der Waals surface area (Å²) in [6, 6.07) is 18.7. The number of pyridine rings is 2. The van der Waals surface area contributed by atoms with E-state index in [0.29, 0.717) is 0 Å². The molecule has 0 unspecified atom stereocenters. The standard InChI is InChI=1S/C20H14N5/c1-2-7-15(8-3-1)25-16-9-5-11-22-19(16)24-13-23-12-14-6-4-10-21-17(14)18(23)20(24)25/h1-11,13H,12H2/q+1. The van der Waals surface area contributed by atoms with E-state index in [4.69, 9.17) is 0 Å². The van der Waals surface area contributed by atoms with Crippen molar-refractivity contribution in [3.05, 3.63) is 78.9 Å². The third kappa shape index (κ3) is 1.59. The summed E-state index contributed by atoms with van der Waals surface area (Å²) in [6.45, 7) is 0.850. The Morgan fingerprint density at radius 2 is 1.72 bits per heavy atom. The first-order valence-electron chi connectivity index (χ1n) is 8.31. The molecular formula is C20H14N5+. The number of nitrogens with zero attached hydrogens (tertiary/aromatic N) is 5. The second-order valence-electron chi connectivity index (χ2n) is 6.31. The van der Waals surface area contributed by atoms with Crippen molar-refractivity contribution in [2.45, 2.75) is 6.54 Å². The number of aromatic nitrogens is 5. The fraction of sp³-hybridized carbons (Fsp3) is 0.0500. The largest absolute Gasteiger partial charge is 0.273 e. The highest BCUT2D eigenvalue weighted by molar-refractivity contribution is 5.83. The maximum Gasteiger partial charge on any atom is 0.273 e. The average Bonchev–Trinajstić information content (AvgIpc) is 3.29. The van der Waals surface area contributed by atoms with Gasteiger partial charge in [-0.2, -0.15) is 4.40 Å². The molecule has 5 heteroatoms. The van der Waals surface area contributed by atoms with Gasteiger partial charge >= 0.3 is 0 Å². The topological polar surface area (TPSA) is 39.7 Å². The smallest absolute Gasteiger partial charge is 0.271 e. The molecule has 25 heavy (non-hydrogen) atoms. The molecule has 0 fully saturated rings. The Balaban J connectivity index is 1.84. The Kier molecular flexibility index (Phi) is 2.34. The molecule has 0 amide bonds. The van der Waals surface area contributed by atoms with Crippen LogP contribution in [-0.2, 0) is 6.54 Å². The van der Waals surface area contributed by atoms with Crippen molar-refractivity contribution in [1.29, 1.82) is 0 Å². The first kappa shape index (κ1) is 12.9. The summed E-state index contributed by atoms with van der Waals surface area (Å²) < 4.78 is 6.72. The zero-order valence-electron chi connectivity index (χ0n) is 13.4. The molecule has 0 saturated heterocycles. The zero-order chi connectivity index (χ0) is 16.4. The van der Waals surface area contributed by atoms with Crippen molar-refractivity contribution in [2.75, 3.05) is 0 Å². The number of rotatable bonds is 1. The van der Waals surface area contributed by atoms with Gasteiger partial charge in [-0.3, -0.25) is 9.55 Å². The molecule has 1 aromatic carbocycles. The van der Waals surface area contributed by atoms with Gasteiger partial charge in [0.25, 0.3) is 11.3 Å². The molecule has 0 saturated carbocycles. The van der Waals surface area contributed by atoms with Crippen LogP contribution in [0.15, 0.2) is 73.3 Å². The molecule has 0 N–H and O–H groups in total. The maximum atomic E-state index is 4.66. The van der Waals surface area contributed by atoms with Gasteiger partial charge in [0.2, 0.25) is 0 Å². The second kappa shape index (κ2) is 4.54. The van der Waals surface area contributed by atoms with Crippen molar-refractivity contribution in [1.82, 2.24) is 19.1 Å². The molecule has 5 aromatic rings. The summed E-state index contributed by atoms with van der Waals surface area (Å²) in [5, 5.41) is 0. The lowest BCUT2D eigenvalue weighted by Gasteiger charge is -2.02. The molecule has 5 heterocycles. The van der Waals surface area contributed by atoms with Crippen LogP contribution >= 0.6 is 0 Å². The van der Waals surface area contributed by atoms with Crippen LogP contribution < -0.4 is 4.40 Å². The normalized spacial score (nSPS) is 12.6. The number of imidazole rings is 2. The van der Waals surface area contributed by atoms with Gasteiger partial charge in [-0.15, -0.1) is 4.98 Å². The van der Waals surface area contributed by atoms with Gasteiger partial charge in [-0.25, -0.2) is 4.57 Å². The molecule has 0 bridgehead atoms. The van der Waals surface area contributed by atoms with Crippen molar-refractivity contribution in [2.24, 2.45) is 0 Å². The van der Waals surface area contributed by atoms with Crippen molar-refractivity contribution >= 4 is 16.8 Å². The summed E-state index contributed by atoms with van der Waals surface area (Å²) in [5.74, 6) is 0. The van der Waals surface area contributed by atoms with Gasteiger partial charge in [0.05, 0.1) is 18.4 Å². The first-order chi connectivity index (χ1) is 12.4. The van der Waals surface area contributed by atoms with Gasteiger partial charge in [-0.05, 0) is 30.3 Å². The van der Waals surface area contributed by atoms with Gasteiger partial charge in [0.15, 0.2) is 17.5 Å². The molecular weight excluding hydrogens is 310 g/mol. The molecule has 4 aromatic heterocycles. The van der Waals surface area contributed by atoms with Gasteiger partial charge in [-0.1, -0.05) is 24.3 Å². The van der Waals surface area contributed by atoms with E-state index in [1.54, 1.807) is 0 Å². The molecule has 5 nitrogen and oxygen atoms in total. The van der Waals surface area contributed by atoms with Crippen LogP contribution in [0.3, 0.4) is 0 Å². The van der Waals surface area contributed by atoms with Crippen molar-refractivity contribution < 1.29 is 4.40 Å². The highest BCUT2D eigenvalue weighted by Crippen LogP contribution is 2.34. The van der Waals surface area contributed by atoms with Crippen LogP contribution in [0.5, 0.6) is 0 Å². The number of benzene rings is 1. The van der Waals surface area contributed by atoms with E-state index in [9.17, 15) is 0 Å². The van der Waals surface area contributed by atoms with E-state index in [2.05, 4.69) is 66.2 Å². The predicted molar refractivity (Wildman–Crippen MR) is 94.6 cm³/mol. The maximum absolute atomic E-state index is 4.66. The van der Waals surface area contributed by atoms with Gasteiger partial charge < -0.3 is 0 Å². The SMILES string of the molecule is c1ccc(-n2c3cccnc3[n+]3cn4c(c23)-c2ncccc2C4)cc1. The lowest BCUT2D eigenvalue weighted by Crippen LogP contribution is -2.18. The van der Waals surface area contributed by atoms with Crippen LogP contribution in [0.25, 0.3) is 33.9 Å². The molecule has 0 spiro atoms. The monoisotopic (exact) mass is 324 g/mol. The second-order valence-corrected chi connectivity index (χ2v) is 6.31. The quantitative estimate of drug-likeness (QED) is 0.436. The van der Waals surface area contributed by atoms with E-state index in [1.807, 2.05) is 30.6 Å². The van der Waals surface area contributed by atoms with E-state index >= 15 is 0 Å². The van der Waals surface area contributed by atoms with E-state index in [0.717, 1.165) is 40.4 Å². The van der Waals surface area contributed by atoms with Crippen LogP contribution in [0, 0.1) is 0 Å².